The molecule has 27 heavy (non-hydrogen) atoms. The van der Waals surface area contributed by atoms with Crippen LogP contribution in [-0.2, 0) is 16.0 Å². The number of rotatable bonds is 8. The zero-order valence-corrected chi connectivity index (χ0v) is 16.8. The number of thiophene rings is 1. The predicted molar refractivity (Wildman–Crippen MR) is 108 cm³/mol. The quantitative estimate of drug-likeness (QED) is 0.642. The van der Waals surface area contributed by atoms with E-state index in [1.807, 2.05) is 31.2 Å². The molecule has 1 unspecified atom stereocenters. The van der Waals surface area contributed by atoms with E-state index < -0.39 is 0 Å². The van der Waals surface area contributed by atoms with E-state index in [-0.39, 0.29) is 49.2 Å². The third-order valence-electron chi connectivity index (χ3n) is 4.79. The Kier molecular flexibility index (Phi) is 6.45. The fourth-order valence-corrected chi connectivity index (χ4v) is 4.37. The summed E-state index contributed by atoms with van der Waals surface area (Å²) in [5, 5.41) is 3.71. The van der Waals surface area contributed by atoms with Crippen molar-refractivity contribution in [2.75, 3.05) is 0 Å². The molecule has 1 atom stereocenters. The standard InChI is InChI=1S/C21H22ClNO3S/c1-13-2-10-20(27-13)19(25)9-5-16(24)6-11-21(26)23-18-8-3-14-12-15(22)4-7-17(14)18/h2,4,7,10,12,18H,3,5-6,8-9,11H2,1H3,(H,23,26). The summed E-state index contributed by atoms with van der Waals surface area (Å²) in [6, 6.07) is 9.42. The van der Waals surface area contributed by atoms with Crippen molar-refractivity contribution >= 4 is 40.4 Å². The van der Waals surface area contributed by atoms with Gasteiger partial charge in [-0.1, -0.05) is 17.7 Å². The number of aryl methyl sites for hydroxylation is 2. The van der Waals surface area contributed by atoms with E-state index in [9.17, 15) is 14.4 Å². The van der Waals surface area contributed by atoms with Crippen LogP contribution in [0.5, 0.6) is 0 Å². The van der Waals surface area contributed by atoms with Crippen molar-refractivity contribution in [2.45, 2.75) is 51.5 Å². The second kappa shape index (κ2) is 8.81. The van der Waals surface area contributed by atoms with Crippen LogP contribution in [0.2, 0.25) is 5.02 Å². The number of hydrogen-bond donors (Lipinski definition) is 1. The number of halogens is 1. The van der Waals surface area contributed by atoms with Crippen molar-refractivity contribution in [3.05, 3.63) is 56.2 Å². The first-order valence-electron chi connectivity index (χ1n) is 9.11. The first kappa shape index (κ1) is 19.8. The lowest BCUT2D eigenvalue weighted by Crippen LogP contribution is -2.27. The number of nitrogens with one attached hydrogen (secondary N) is 1. The summed E-state index contributed by atoms with van der Waals surface area (Å²) < 4.78 is 0. The molecule has 0 bridgehead atoms. The Balaban J connectivity index is 1.40. The maximum absolute atomic E-state index is 12.2. The van der Waals surface area contributed by atoms with Crippen LogP contribution in [0.3, 0.4) is 0 Å². The van der Waals surface area contributed by atoms with Crippen LogP contribution >= 0.6 is 22.9 Å². The summed E-state index contributed by atoms with van der Waals surface area (Å²) in [5.41, 5.74) is 2.28. The Bertz CT molecular complexity index is 874. The highest BCUT2D eigenvalue weighted by molar-refractivity contribution is 7.14. The van der Waals surface area contributed by atoms with Gasteiger partial charge in [0, 0.05) is 35.6 Å². The average molecular weight is 404 g/mol. The minimum atomic E-state index is -0.128. The van der Waals surface area contributed by atoms with Crippen molar-refractivity contribution in [1.29, 1.82) is 0 Å². The van der Waals surface area contributed by atoms with Gasteiger partial charge < -0.3 is 5.32 Å². The number of carbonyl (C=O) groups excluding carboxylic acids is 3. The summed E-state index contributed by atoms with van der Waals surface area (Å²) in [4.78, 5) is 38.0. The Hall–Kier alpha value is -1.98. The van der Waals surface area contributed by atoms with E-state index in [1.165, 1.54) is 16.9 Å². The van der Waals surface area contributed by atoms with Crippen LogP contribution in [0.4, 0.5) is 0 Å². The van der Waals surface area contributed by atoms with Crippen molar-refractivity contribution < 1.29 is 14.4 Å². The maximum atomic E-state index is 12.2. The monoisotopic (exact) mass is 403 g/mol. The summed E-state index contributed by atoms with van der Waals surface area (Å²) >= 11 is 7.45. The molecule has 6 heteroatoms. The van der Waals surface area contributed by atoms with E-state index in [2.05, 4.69) is 5.32 Å². The minimum absolute atomic E-state index is 0.00729. The lowest BCUT2D eigenvalue weighted by molar-refractivity contribution is -0.125. The summed E-state index contributed by atoms with van der Waals surface area (Å²) in [6.45, 7) is 1.95. The first-order chi connectivity index (χ1) is 12.9. The van der Waals surface area contributed by atoms with Crippen molar-refractivity contribution in [3.63, 3.8) is 0 Å². The van der Waals surface area contributed by atoms with E-state index in [0.29, 0.717) is 9.90 Å². The van der Waals surface area contributed by atoms with E-state index >= 15 is 0 Å². The highest BCUT2D eigenvalue weighted by Gasteiger charge is 2.24. The summed E-state index contributed by atoms with van der Waals surface area (Å²) in [7, 11) is 0. The average Bonchev–Trinajstić information content (AvgIpc) is 3.24. The van der Waals surface area contributed by atoms with Gasteiger partial charge in [-0.3, -0.25) is 14.4 Å². The van der Waals surface area contributed by atoms with Crippen LogP contribution in [0.15, 0.2) is 30.3 Å². The number of fused-ring (bicyclic) bond motifs is 1. The smallest absolute Gasteiger partial charge is 0.220 e. The Labute approximate surface area is 167 Å². The van der Waals surface area contributed by atoms with Gasteiger partial charge in [0.15, 0.2) is 5.78 Å². The molecule has 1 aromatic heterocycles. The van der Waals surface area contributed by atoms with Crippen LogP contribution in [0.1, 0.15) is 63.8 Å². The molecule has 0 saturated carbocycles. The molecule has 4 nitrogen and oxygen atoms in total. The zero-order valence-electron chi connectivity index (χ0n) is 15.2. The molecule has 1 amide bonds. The molecule has 1 aromatic carbocycles. The molecule has 3 rings (SSSR count). The van der Waals surface area contributed by atoms with Crippen LogP contribution in [0.25, 0.3) is 0 Å². The molecule has 1 N–H and O–H groups in total. The Morgan fingerprint density at radius 2 is 1.89 bits per heavy atom. The predicted octanol–water partition coefficient (Wildman–Crippen LogP) is 4.83. The summed E-state index contributed by atoms with van der Waals surface area (Å²) in [5.74, 6) is -0.186. The molecule has 0 radical (unpaired) electrons. The lowest BCUT2D eigenvalue weighted by Gasteiger charge is -2.14. The molecule has 2 aromatic rings. The van der Waals surface area contributed by atoms with Gasteiger partial charge in [0.1, 0.15) is 5.78 Å². The van der Waals surface area contributed by atoms with Gasteiger partial charge in [-0.15, -0.1) is 11.3 Å². The zero-order chi connectivity index (χ0) is 19.4. The van der Waals surface area contributed by atoms with Crippen LogP contribution in [0, 0.1) is 6.92 Å². The highest BCUT2D eigenvalue weighted by atomic mass is 35.5. The number of hydrogen-bond acceptors (Lipinski definition) is 4. The molecule has 1 heterocycles. The van der Waals surface area contributed by atoms with Gasteiger partial charge in [-0.05, 0) is 55.2 Å². The Morgan fingerprint density at radius 3 is 2.63 bits per heavy atom. The second-order valence-corrected chi connectivity index (χ2v) is 8.60. The number of ketones is 2. The molecule has 0 spiro atoms. The van der Waals surface area contributed by atoms with Crippen molar-refractivity contribution in [1.82, 2.24) is 5.32 Å². The van der Waals surface area contributed by atoms with Crippen LogP contribution < -0.4 is 5.32 Å². The van der Waals surface area contributed by atoms with Gasteiger partial charge in [0.25, 0.3) is 0 Å². The van der Waals surface area contributed by atoms with Gasteiger partial charge in [0.2, 0.25) is 5.91 Å². The minimum Gasteiger partial charge on any atom is -0.349 e. The third-order valence-corrected chi connectivity index (χ3v) is 6.07. The van der Waals surface area contributed by atoms with Gasteiger partial charge in [-0.2, -0.15) is 0 Å². The number of benzene rings is 1. The third kappa shape index (κ3) is 5.27. The molecule has 142 valence electrons. The van der Waals surface area contributed by atoms with Crippen LogP contribution in [-0.4, -0.2) is 17.5 Å². The molecular formula is C21H22ClNO3S. The normalized spacial score (nSPS) is 15.4. The number of Topliss-reactive ketones (excluding diaryl/α,β-unsaturated/α-hetero) is 2. The lowest BCUT2D eigenvalue weighted by atomic mass is 10.1. The largest absolute Gasteiger partial charge is 0.349 e. The maximum Gasteiger partial charge on any atom is 0.220 e. The second-order valence-electron chi connectivity index (χ2n) is 6.87. The SMILES string of the molecule is Cc1ccc(C(=O)CCC(=O)CCC(=O)NC2CCc3cc(Cl)ccc32)s1. The van der Waals surface area contributed by atoms with E-state index in [1.54, 1.807) is 6.07 Å². The molecule has 0 saturated heterocycles. The molecule has 1 aliphatic carbocycles. The van der Waals surface area contributed by atoms with E-state index in [0.717, 1.165) is 23.3 Å². The summed E-state index contributed by atoms with van der Waals surface area (Å²) in [6.07, 6.45) is 2.46. The fraction of sp³-hybridized carbons (Fsp3) is 0.381. The van der Waals surface area contributed by atoms with E-state index in [4.69, 9.17) is 11.6 Å². The molecular weight excluding hydrogens is 382 g/mol. The van der Waals surface area contributed by atoms with Gasteiger partial charge in [0.05, 0.1) is 10.9 Å². The fourth-order valence-electron chi connectivity index (χ4n) is 3.34. The van der Waals surface area contributed by atoms with Gasteiger partial charge in [-0.25, -0.2) is 0 Å². The first-order valence-corrected chi connectivity index (χ1v) is 10.3. The van der Waals surface area contributed by atoms with Crippen molar-refractivity contribution in [2.24, 2.45) is 0 Å². The molecule has 0 fully saturated rings. The topological polar surface area (TPSA) is 63.2 Å². The number of carbonyl (C=O) groups is 3. The molecule has 0 aliphatic heterocycles. The number of amides is 1. The Morgan fingerprint density at radius 1 is 1.11 bits per heavy atom. The van der Waals surface area contributed by atoms with Crippen molar-refractivity contribution in [3.8, 4) is 0 Å². The highest BCUT2D eigenvalue weighted by Crippen LogP contribution is 2.32. The van der Waals surface area contributed by atoms with Gasteiger partial charge >= 0.3 is 0 Å². The molecule has 1 aliphatic rings.